The van der Waals surface area contributed by atoms with Crippen LogP contribution >= 0.6 is 0 Å². The first-order valence-corrected chi connectivity index (χ1v) is 11.3. The van der Waals surface area contributed by atoms with Crippen LogP contribution in [0, 0.1) is 12.7 Å². The number of carboxylic acids is 1. The minimum Gasteiger partial charge on any atom is -0.478 e. The van der Waals surface area contributed by atoms with E-state index in [1.807, 2.05) is 67.6 Å². The first-order chi connectivity index (χ1) is 16.9. The molecule has 0 amide bonds. The minimum atomic E-state index is -0.967. The number of allylic oxidation sites excluding steroid dienone is 2. The van der Waals surface area contributed by atoms with Crippen LogP contribution in [-0.4, -0.2) is 40.5 Å². The fraction of sp³-hybridized carbons (Fsp3) is 0.172. The van der Waals surface area contributed by atoms with E-state index in [-0.39, 0.29) is 17.3 Å². The molecule has 3 aromatic carbocycles. The van der Waals surface area contributed by atoms with E-state index in [2.05, 4.69) is 5.16 Å². The molecule has 0 aromatic heterocycles. The Kier molecular flexibility index (Phi) is 7.11. The van der Waals surface area contributed by atoms with Gasteiger partial charge in [0, 0.05) is 25.9 Å². The molecular weight excluding hydrogens is 443 g/mol. The Morgan fingerprint density at radius 1 is 1.06 bits per heavy atom. The fourth-order valence-corrected chi connectivity index (χ4v) is 4.33. The van der Waals surface area contributed by atoms with Gasteiger partial charge in [-0.1, -0.05) is 59.8 Å². The zero-order chi connectivity index (χ0) is 24.9. The summed E-state index contributed by atoms with van der Waals surface area (Å²) in [5, 5.41) is 22.6. The Morgan fingerprint density at radius 3 is 2.29 bits per heavy atom. The highest BCUT2D eigenvalue weighted by atomic mass is 19.1. The quantitative estimate of drug-likeness (QED) is 0.244. The Hall–Kier alpha value is -4.19. The van der Waals surface area contributed by atoms with Crippen molar-refractivity contribution in [1.29, 1.82) is 0 Å². The summed E-state index contributed by atoms with van der Waals surface area (Å²) in [7, 11) is 1.94. The summed E-state index contributed by atoms with van der Waals surface area (Å²) in [6, 6.07) is 19.7. The van der Waals surface area contributed by atoms with Crippen molar-refractivity contribution in [2.45, 2.75) is 19.3 Å². The van der Waals surface area contributed by atoms with E-state index < -0.39 is 5.97 Å². The monoisotopic (exact) mass is 470 g/mol. The molecule has 3 aromatic rings. The fourth-order valence-electron chi connectivity index (χ4n) is 4.33. The lowest BCUT2D eigenvalue weighted by atomic mass is 9.84. The van der Waals surface area contributed by atoms with Crippen molar-refractivity contribution >= 4 is 11.7 Å². The molecule has 0 radical (unpaired) electrons. The van der Waals surface area contributed by atoms with Gasteiger partial charge < -0.3 is 15.2 Å². The lowest BCUT2D eigenvalue weighted by molar-refractivity contribution is 0.0697. The molecule has 0 bridgehead atoms. The highest BCUT2D eigenvalue weighted by molar-refractivity contribution is 6.01. The van der Waals surface area contributed by atoms with Gasteiger partial charge in [0.2, 0.25) is 0 Å². The SMILES string of the molecule is Cc1ccc(C(CC(=NO)C2=CC=CN(C)C2)c2ccc(-c3ccc(C(=O)O)cc3)cc2)c(F)c1. The molecule has 1 atom stereocenters. The number of hydrogen-bond acceptors (Lipinski definition) is 4. The van der Waals surface area contributed by atoms with Crippen molar-refractivity contribution in [2.75, 3.05) is 13.6 Å². The lowest BCUT2D eigenvalue weighted by Crippen LogP contribution is -2.23. The smallest absolute Gasteiger partial charge is 0.335 e. The zero-order valence-corrected chi connectivity index (χ0v) is 19.6. The normalized spacial score (nSPS) is 14.5. The second kappa shape index (κ2) is 10.4. The van der Waals surface area contributed by atoms with E-state index in [0.717, 1.165) is 27.8 Å². The van der Waals surface area contributed by atoms with Gasteiger partial charge in [0.1, 0.15) is 5.82 Å². The van der Waals surface area contributed by atoms with Gasteiger partial charge in [-0.3, -0.25) is 0 Å². The number of carboxylic acid groups (broad SMARTS) is 1. The van der Waals surface area contributed by atoms with Gasteiger partial charge in [0.15, 0.2) is 0 Å². The second-order valence-electron chi connectivity index (χ2n) is 8.78. The van der Waals surface area contributed by atoms with Crippen LogP contribution in [0.3, 0.4) is 0 Å². The summed E-state index contributed by atoms with van der Waals surface area (Å²) in [6.07, 6.45) is 6.09. The number of oxime groups is 1. The minimum absolute atomic E-state index is 0.230. The maximum absolute atomic E-state index is 15.1. The van der Waals surface area contributed by atoms with Gasteiger partial charge in [-0.15, -0.1) is 0 Å². The van der Waals surface area contributed by atoms with Gasteiger partial charge in [-0.25, -0.2) is 9.18 Å². The number of carbonyl (C=O) groups is 1. The molecule has 5 nitrogen and oxygen atoms in total. The number of aromatic carboxylic acids is 1. The van der Waals surface area contributed by atoms with Crippen LogP contribution in [0.2, 0.25) is 0 Å². The number of likely N-dealkylation sites (N-methyl/N-ethyl adjacent to an activating group) is 1. The van der Waals surface area contributed by atoms with Crippen molar-refractivity contribution in [2.24, 2.45) is 5.16 Å². The van der Waals surface area contributed by atoms with E-state index in [9.17, 15) is 10.0 Å². The maximum Gasteiger partial charge on any atom is 0.335 e. The molecule has 178 valence electrons. The Bertz CT molecular complexity index is 1310. The van der Waals surface area contributed by atoms with E-state index in [0.29, 0.717) is 24.2 Å². The predicted octanol–water partition coefficient (Wildman–Crippen LogP) is 6.24. The highest BCUT2D eigenvalue weighted by Gasteiger charge is 2.23. The van der Waals surface area contributed by atoms with Crippen LogP contribution in [-0.2, 0) is 0 Å². The topological polar surface area (TPSA) is 73.1 Å². The summed E-state index contributed by atoms with van der Waals surface area (Å²) in [6.45, 7) is 2.45. The molecule has 1 aliphatic rings. The van der Waals surface area contributed by atoms with Crippen molar-refractivity contribution in [3.63, 3.8) is 0 Å². The third kappa shape index (κ3) is 5.49. The maximum atomic E-state index is 15.1. The molecule has 4 rings (SSSR count). The number of nitrogens with zero attached hydrogens (tertiary/aromatic N) is 2. The number of hydrogen-bond donors (Lipinski definition) is 2. The summed E-state index contributed by atoms with van der Waals surface area (Å²) in [5.41, 5.74) is 5.70. The average molecular weight is 471 g/mol. The van der Waals surface area contributed by atoms with E-state index in [1.165, 1.54) is 6.07 Å². The molecule has 0 saturated carbocycles. The molecule has 1 unspecified atom stereocenters. The van der Waals surface area contributed by atoms with Crippen molar-refractivity contribution < 1.29 is 19.5 Å². The molecule has 35 heavy (non-hydrogen) atoms. The predicted molar refractivity (Wildman–Crippen MR) is 136 cm³/mol. The van der Waals surface area contributed by atoms with Gasteiger partial charge in [-0.2, -0.15) is 0 Å². The van der Waals surface area contributed by atoms with Crippen LogP contribution in [0.4, 0.5) is 4.39 Å². The Morgan fingerprint density at radius 2 is 1.71 bits per heavy atom. The van der Waals surface area contributed by atoms with Crippen molar-refractivity contribution in [3.05, 3.63) is 119 Å². The first-order valence-electron chi connectivity index (χ1n) is 11.3. The molecule has 6 heteroatoms. The van der Waals surface area contributed by atoms with E-state index >= 15 is 4.39 Å². The third-order valence-corrected chi connectivity index (χ3v) is 6.26. The Labute approximate surface area is 204 Å². The van der Waals surface area contributed by atoms with Gasteiger partial charge in [0.25, 0.3) is 0 Å². The molecule has 1 heterocycles. The molecule has 0 aliphatic carbocycles. The highest BCUT2D eigenvalue weighted by Crippen LogP contribution is 2.34. The molecule has 0 fully saturated rings. The summed E-state index contributed by atoms with van der Waals surface area (Å²) < 4.78 is 15.1. The zero-order valence-electron chi connectivity index (χ0n) is 19.6. The standard InChI is InChI=1S/C29H27FN2O3/c1-19-5-14-25(27(30)16-19)26(17-28(31-35)24-4-3-15-32(2)18-24)22-10-6-20(7-11-22)21-8-12-23(13-9-21)29(33)34/h3-16,26,35H,17-18H2,1-2H3,(H,33,34). The van der Waals surface area contributed by atoms with E-state index in [4.69, 9.17) is 5.11 Å². The lowest BCUT2D eigenvalue weighted by Gasteiger charge is -2.24. The molecule has 0 spiro atoms. The second-order valence-corrected chi connectivity index (χ2v) is 8.78. The number of rotatable bonds is 7. The molecular formula is C29H27FN2O3. The largest absolute Gasteiger partial charge is 0.478 e. The van der Waals surface area contributed by atoms with E-state index in [1.54, 1.807) is 30.3 Å². The first kappa shape index (κ1) is 24.0. The van der Waals surface area contributed by atoms with Crippen LogP contribution in [0.5, 0.6) is 0 Å². The van der Waals surface area contributed by atoms with Crippen LogP contribution < -0.4 is 0 Å². The van der Waals surface area contributed by atoms with Crippen LogP contribution in [0.15, 0.2) is 95.8 Å². The van der Waals surface area contributed by atoms with Gasteiger partial charge in [0.05, 0.1) is 11.3 Å². The number of benzene rings is 3. The Balaban J connectivity index is 1.69. The third-order valence-electron chi connectivity index (χ3n) is 6.26. The number of halogens is 1. The van der Waals surface area contributed by atoms with Crippen molar-refractivity contribution in [1.82, 2.24) is 4.90 Å². The van der Waals surface area contributed by atoms with Gasteiger partial charge in [-0.05, 0) is 70.8 Å². The van der Waals surface area contributed by atoms with Gasteiger partial charge >= 0.3 is 5.97 Å². The molecule has 1 aliphatic heterocycles. The summed E-state index contributed by atoms with van der Waals surface area (Å²) in [4.78, 5) is 13.1. The van der Waals surface area contributed by atoms with Crippen LogP contribution in [0.25, 0.3) is 11.1 Å². The number of aryl methyl sites for hydroxylation is 1. The van der Waals surface area contributed by atoms with Crippen molar-refractivity contribution in [3.8, 4) is 11.1 Å². The average Bonchev–Trinajstić information content (AvgIpc) is 2.86. The van der Waals surface area contributed by atoms with Crippen LogP contribution in [0.1, 0.15) is 39.4 Å². The summed E-state index contributed by atoms with van der Waals surface area (Å²) in [5.74, 6) is -1.62. The molecule has 2 N–H and O–H groups in total. The summed E-state index contributed by atoms with van der Waals surface area (Å²) >= 11 is 0. The molecule has 0 saturated heterocycles.